The summed E-state index contributed by atoms with van der Waals surface area (Å²) in [7, 11) is 0. The summed E-state index contributed by atoms with van der Waals surface area (Å²) in [6, 6.07) is 0. The van der Waals surface area contributed by atoms with Crippen LogP contribution in [0.15, 0.2) is 72.9 Å². The Morgan fingerprint density at radius 1 is 0.259 bits per heavy atom. The average Bonchev–Trinajstić information content (AvgIpc) is 3.47. The van der Waals surface area contributed by atoms with Crippen LogP contribution in [0.25, 0.3) is 0 Å². The van der Waals surface area contributed by atoms with Crippen LogP contribution in [0.2, 0.25) is 0 Å². The van der Waals surface area contributed by atoms with E-state index in [1.54, 1.807) is 0 Å². The Morgan fingerprint density at radius 3 is 0.765 bits per heavy atom. The van der Waals surface area contributed by atoms with Crippen molar-refractivity contribution in [3.8, 4) is 0 Å². The van der Waals surface area contributed by atoms with Crippen LogP contribution in [-0.4, -0.2) is 37.2 Å². The highest BCUT2D eigenvalue weighted by atomic mass is 16.6. The van der Waals surface area contributed by atoms with Gasteiger partial charge in [-0.1, -0.05) is 312 Å². The zero-order valence-corrected chi connectivity index (χ0v) is 54.1. The monoisotopic (exact) mass is 1130 g/mol. The molecule has 0 radical (unpaired) electrons. The van der Waals surface area contributed by atoms with E-state index >= 15 is 0 Å². The third-order valence-corrected chi connectivity index (χ3v) is 15.7. The fourth-order valence-electron chi connectivity index (χ4n) is 10.4. The van der Waals surface area contributed by atoms with Crippen LogP contribution in [0.4, 0.5) is 0 Å². The fourth-order valence-corrected chi connectivity index (χ4v) is 10.4. The molecule has 0 rings (SSSR count). The van der Waals surface area contributed by atoms with Crippen LogP contribution in [0.5, 0.6) is 0 Å². The van der Waals surface area contributed by atoms with E-state index in [2.05, 4.69) is 93.7 Å². The number of hydrogen-bond donors (Lipinski definition) is 0. The molecule has 0 amide bonds. The Hall–Kier alpha value is -3.15. The van der Waals surface area contributed by atoms with Gasteiger partial charge in [0.15, 0.2) is 6.10 Å². The van der Waals surface area contributed by atoms with Crippen molar-refractivity contribution in [1.29, 1.82) is 0 Å². The van der Waals surface area contributed by atoms with Crippen molar-refractivity contribution >= 4 is 17.9 Å². The van der Waals surface area contributed by atoms with Gasteiger partial charge in [-0.2, -0.15) is 0 Å². The third kappa shape index (κ3) is 67.5. The molecule has 0 N–H and O–H groups in total. The molecule has 0 aliphatic carbocycles. The molecule has 6 nitrogen and oxygen atoms in total. The van der Waals surface area contributed by atoms with Crippen molar-refractivity contribution in [3.05, 3.63) is 72.9 Å². The van der Waals surface area contributed by atoms with E-state index in [0.717, 1.165) is 83.5 Å². The van der Waals surface area contributed by atoms with Gasteiger partial charge in [0, 0.05) is 19.3 Å². The van der Waals surface area contributed by atoms with E-state index in [9.17, 15) is 14.4 Å². The molecule has 0 aromatic rings. The quantitative estimate of drug-likeness (QED) is 0.0261. The van der Waals surface area contributed by atoms with Gasteiger partial charge in [0.2, 0.25) is 0 Å². The zero-order valence-electron chi connectivity index (χ0n) is 54.1. The topological polar surface area (TPSA) is 78.9 Å². The van der Waals surface area contributed by atoms with Crippen LogP contribution >= 0.6 is 0 Å². The molecule has 0 saturated heterocycles. The van der Waals surface area contributed by atoms with Gasteiger partial charge in [-0.15, -0.1) is 0 Å². The summed E-state index contributed by atoms with van der Waals surface area (Å²) in [5.41, 5.74) is 0. The number of carbonyl (C=O) groups is 3. The number of rotatable bonds is 65. The molecule has 0 aromatic carbocycles. The van der Waals surface area contributed by atoms with Gasteiger partial charge >= 0.3 is 17.9 Å². The van der Waals surface area contributed by atoms with Gasteiger partial charge < -0.3 is 14.2 Å². The van der Waals surface area contributed by atoms with Gasteiger partial charge in [-0.25, -0.2) is 0 Å². The predicted octanol–water partition coefficient (Wildman–Crippen LogP) is 24.4. The van der Waals surface area contributed by atoms with Crippen LogP contribution in [0.1, 0.15) is 367 Å². The average molecular weight is 1130 g/mol. The summed E-state index contributed by atoms with van der Waals surface area (Å²) in [4.78, 5) is 38.5. The molecule has 1 unspecified atom stereocenters. The van der Waals surface area contributed by atoms with Gasteiger partial charge in [0.1, 0.15) is 13.2 Å². The van der Waals surface area contributed by atoms with E-state index in [1.807, 2.05) is 0 Å². The Labute approximate surface area is 503 Å². The molecule has 0 aliphatic rings. The maximum atomic E-state index is 13.0. The van der Waals surface area contributed by atoms with Crippen LogP contribution < -0.4 is 0 Å². The summed E-state index contributed by atoms with van der Waals surface area (Å²) >= 11 is 0. The van der Waals surface area contributed by atoms with Crippen molar-refractivity contribution in [2.45, 2.75) is 374 Å². The van der Waals surface area contributed by atoms with Crippen molar-refractivity contribution in [2.24, 2.45) is 0 Å². The fraction of sp³-hybridized carbons (Fsp3) is 0.800. The summed E-state index contributed by atoms with van der Waals surface area (Å²) < 4.78 is 17.0. The Morgan fingerprint density at radius 2 is 0.481 bits per heavy atom. The number of carbonyl (C=O) groups excluding carboxylic acids is 3. The molecule has 0 spiro atoms. The van der Waals surface area contributed by atoms with E-state index in [0.29, 0.717) is 19.3 Å². The molecule has 0 aliphatic heterocycles. The Kier molecular flexibility index (Phi) is 66.6. The molecule has 0 saturated carbocycles. The number of ether oxygens (including phenoxy) is 3. The minimum atomic E-state index is -0.780. The van der Waals surface area contributed by atoms with E-state index < -0.39 is 6.10 Å². The minimum Gasteiger partial charge on any atom is -0.462 e. The molecule has 0 fully saturated rings. The smallest absolute Gasteiger partial charge is 0.306 e. The molecule has 0 bridgehead atoms. The lowest BCUT2D eigenvalue weighted by molar-refractivity contribution is -0.167. The minimum absolute atomic E-state index is 0.0757. The second-order valence-electron chi connectivity index (χ2n) is 23.8. The first-order valence-electron chi connectivity index (χ1n) is 35.4. The van der Waals surface area contributed by atoms with E-state index in [4.69, 9.17) is 14.2 Å². The molecule has 0 aromatic heterocycles. The molecule has 0 heterocycles. The van der Waals surface area contributed by atoms with Crippen LogP contribution in [0, 0.1) is 0 Å². The van der Waals surface area contributed by atoms with Crippen molar-refractivity contribution < 1.29 is 28.6 Å². The van der Waals surface area contributed by atoms with Gasteiger partial charge in [0.25, 0.3) is 0 Å². The Balaban J connectivity index is 4.33. The van der Waals surface area contributed by atoms with E-state index in [1.165, 1.54) is 244 Å². The number of allylic oxidation sites excluding steroid dienone is 12. The Bertz CT molecular complexity index is 1490. The highest BCUT2D eigenvalue weighted by Gasteiger charge is 2.19. The molecule has 470 valence electrons. The lowest BCUT2D eigenvalue weighted by Crippen LogP contribution is -2.30. The van der Waals surface area contributed by atoms with Gasteiger partial charge in [-0.3, -0.25) is 14.4 Å². The number of unbranched alkanes of at least 4 members (excludes halogenated alkanes) is 42. The van der Waals surface area contributed by atoms with Crippen LogP contribution in [-0.2, 0) is 28.6 Å². The highest BCUT2D eigenvalue weighted by Crippen LogP contribution is 2.17. The number of esters is 3. The summed E-state index contributed by atoms with van der Waals surface area (Å²) in [5, 5.41) is 0. The molecule has 1 atom stereocenters. The molecule has 6 heteroatoms. The normalized spacial score (nSPS) is 12.5. The van der Waals surface area contributed by atoms with Gasteiger partial charge in [0.05, 0.1) is 0 Å². The van der Waals surface area contributed by atoms with Crippen molar-refractivity contribution in [1.82, 2.24) is 0 Å². The molecular formula is C75H134O6. The first-order valence-corrected chi connectivity index (χ1v) is 35.4. The summed E-state index contributed by atoms with van der Waals surface area (Å²) in [6.07, 6.45) is 90.6. The first-order chi connectivity index (χ1) is 40.0. The van der Waals surface area contributed by atoms with E-state index in [-0.39, 0.29) is 31.1 Å². The van der Waals surface area contributed by atoms with Crippen molar-refractivity contribution in [2.75, 3.05) is 13.2 Å². The maximum absolute atomic E-state index is 13.0. The first kappa shape index (κ1) is 77.9. The summed E-state index contributed by atoms with van der Waals surface area (Å²) in [6.45, 7) is 6.57. The number of hydrogen-bond acceptors (Lipinski definition) is 6. The van der Waals surface area contributed by atoms with Crippen molar-refractivity contribution in [3.63, 3.8) is 0 Å². The second kappa shape index (κ2) is 69.3. The molecule has 81 heavy (non-hydrogen) atoms. The zero-order chi connectivity index (χ0) is 58.5. The third-order valence-electron chi connectivity index (χ3n) is 15.7. The van der Waals surface area contributed by atoms with Gasteiger partial charge in [-0.05, 0) is 109 Å². The molecular weight excluding hydrogens is 997 g/mol. The lowest BCUT2D eigenvalue weighted by Gasteiger charge is -2.18. The predicted molar refractivity (Wildman–Crippen MR) is 353 cm³/mol. The summed E-state index contributed by atoms with van der Waals surface area (Å²) in [5.74, 6) is -0.862. The SMILES string of the molecule is CC/C=C\C/C=C\C/C=C\C/C=C\CCCCCCCCCCCCCCC(=O)OCC(COC(=O)CCCCCCCCC/C=C\CCCCCCCC)OC(=O)CCCCCCCCCCC/C=C\CCCCCCCCCC. The lowest BCUT2D eigenvalue weighted by atomic mass is 10.0. The standard InChI is InChI=1S/C75H134O6/c1-4-7-10-13-16-19-22-25-28-31-33-35-36-37-38-40-41-44-47-50-53-56-59-62-65-68-74(77)80-71-72(70-79-73(76)67-64-61-58-55-52-49-46-43-30-27-24-21-18-15-12-9-6-3)81-75(78)69-66-63-60-57-54-51-48-45-42-39-34-32-29-26-23-20-17-14-11-8-5-2/h7,10,16,19,25,27-28,30,32-35,72H,4-6,8-9,11-15,17-18,20-24,26,29,31,36-71H2,1-3H3/b10-7-,19-16-,28-25-,30-27-,34-32-,35-33-. The van der Waals surface area contributed by atoms with Crippen LogP contribution in [0.3, 0.4) is 0 Å². The second-order valence-corrected chi connectivity index (χ2v) is 23.8. The highest BCUT2D eigenvalue weighted by molar-refractivity contribution is 5.71. The maximum Gasteiger partial charge on any atom is 0.306 e. The largest absolute Gasteiger partial charge is 0.462 e.